The van der Waals surface area contributed by atoms with Crippen molar-refractivity contribution in [2.75, 3.05) is 6.54 Å². The molecule has 0 aromatic heterocycles. The van der Waals surface area contributed by atoms with Gasteiger partial charge in [0.2, 0.25) is 0 Å². The Morgan fingerprint density at radius 1 is 0.950 bits per heavy atom. The minimum atomic E-state index is 0.631. The van der Waals surface area contributed by atoms with E-state index in [4.69, 9.17) is 0 Å². The fraction of sp³-hybridized carbons (Fsp3) is 1.00. The maximum Gasteiger partial charge on any atom is 0.00104 e. The molecule has 0 radical (unpaired) electrons. The first-order valence-electron chi connectivity index (χ1n) is 9.21. The second kappa shape index (κ2) is 9.07. The van der Waals surface area contributed by atoms with E-state index in [1.165, 1.54) is 45.1 Å². The van der Waals surface area contributed by atoms with E-state index in [0.29, 0.717) is 6.04 Å². The van der Waals surface area contributed by atoms with Gasteiger partial charge in [-0.3, -0.25) is 0 Å². The van der Waals surface area contributed by atoms with E-state index >= 15 is 0 Å². The Balaban J connectivity index is 2.61. The molecule has 0 spiro atoms. The summed E-state index contributed by atoms with van der Waals surface area (Å²) in [6.07, 6.45) is 8.60. The van der Waals surface area contributed by atoms with Crippen LogP contribution in [-0.4, -0.2) is 12.6 Å². The predicted molar refractivity (Wildman–Crippen MR) is 91.0 cm³/mol. The minimum absolute atomic E-state index is 0.631. The maximum absolute atomic E-state index is 3.70. The largest absolute Gasteiger partial charge is 0.314 e. The minimum Gasteiger partial charge on any atom is -0.314 e. The van der Waals surface area contributed by atoms with Crippen molar-refractivity contribution in [1.82, 2.24) is 5.32 Å². The third-order valence-electron chi connectivity index (χ3n) is 5.70. The molecule has 3 atom stereocenters. The van der Waals surface area contributed by atoms with Crippen LogP contribution in [0.3, 0.4) is 0 Å². The third kappa shape index (κ3) is 5.76. The fourth-order valence-corrected chi connectivity index (χ4v) is 3.96. The van der Waals surface area contributed by atoms with E-state index < -0.39 is 0 Å². The molecular formula is C19H39N. The first-order valence-corrected chi connectivity index (χ1v) is 9.21. The van der Waals surface area contributed by atoms with E-state index in [-0.39, 0.29) is 0 Å². The van der Waals surface area contributed by atoms with E-state index in [0.717, 1.165) is 29.6 Å². The topological polar surface area (TPSA) is 12.0 Å². The van der Waals surface area contributed by atoms with Gasteiger partial charge in [-0.25, -0.2) is 0 Å². The molecule has 1 heteroatoms. The molecule has 1 nitrogen and oxygen atoms in total. The molecule has 3 unspecified atom stereocenters. The molecule has 1 aliphatic rings. The molecule has 0 aromatic carbocycles. The highest BCUT2D eigenvalue weighted by Crippen LogP contribution is 2.41. The van der Waals surface area contributed by atoms with Crippen molar-refractivity contribution in [2.45, 2.75) is 86.1 Å². The van der Waals surface area contributed by atoms with Crippen LogP contribution in [0.25, 0.3) is 0 Å². The summed E-state index contributed by atoms with van der Waals surface area (Å²) in [7, 11) is 0. The molecule has 1 aliphatic carbocycles. The first-order chi connectivity index (χ1) is 9.47. The van der Waals surface area contributed by atoms with Crippen molar-refractivity contribution in [2.24, 2.45) is 29.6 Å². The molecule has 1 fully saturated rings. The highest BCUT2D eigenvalue weighted by Gasteiger charge is 2.32. The second-order valence-electron chi connectivity index (χ2n) is 7.82. The standard InChI is InChI=1S/C19H39N/c1-7-16(8-2)11-19-12-17(14(3)4)9-10-18(19)13-20-15(5)6/h14-20H,7-13H2,1-6H3. The summed E-state index contributed by atoms with van der Waals surface area (Å²) in [4.78, 5) is 0. The van der Waals surface area contributed by atoms with Gasteiger partial charge >= 0.3 is 0 Å². The van der Waals surface area contributed by atoms with Crippen LogP contribution in [0.4, 0.5) is 0 Å². The van der Waals surface area contributed by atoms with E-state index in [1.807, 2.05) is 0 Å². The SMILES string of the molecule is CCC(CC)CC1CC(C(C)C)CCC1CNC(C)C. The Morgan fingerprint density at radius 2 is 1.60 bits per heavy atom. The van der Waals surface area contributed by atoms with Gasteiger partial charge in [-0.1, -0.05) is 54.4 Å². The van der Waals surface area contributed by atoms with Gasteiger partial charge < -0.3 is 5.32 Å². The summed E-state index contributed by atoms with van der Waals surface area (Å²) >= 11 is 0. The molecule has 1 N–H and O–H groups in total. The summed E-state index contributed by atoms with van der Waals surface area (Å²) in [5.74, 6) is 4.69. The highest BCUT2D eigenvalue weighted by molar-refractivity contribution is 4.84. The van der Waals surface area contributed by atoms with E-state index in [2.05, 4.69) is 46.9 Å². The Bertz CT molecular complexity index is 240. The quantitative estimate of drug-likeness (QED) is 0.619. The third-order valence-corrected chi connectivity index (χ3v) is 5.70. The van der Waals surface area contributed by atoms with Crippen LogP contribution < -0.4 is 5.32 Å². The molecule has 0 aliphatic heterocycles. The normalized spacial score (nSPS) is 27.8. The van der Waals surface area contributed by atoms with Gasteiger partial charge in [-0.05, 0) is 61.8 Å². The molecule has 0 bridgehead atoms. The van der Waals surface area contributed by atoms with Crippen molar-refractivity contribution >= 4 is 0 Å². The molecule has 1 rings (SSSR count). The summed E-state index contributed by atoms with van der Waals surface area (Å²) < 4.78 is 0. The van der Waals surface area contributed by atoms with Crippen LogP contribution in [0.15, 0.2) is 0 Å². The van der Waals surface area contributed by atoms with Crippen LogP contribution in [0, 0.1) is 29.6 Å². The Hall–Kier alpha value is -0.0400. The molecule has 0 amide bonds. The smallest absolute Gasteiger partial charge is 0.00104 e. The Kier molecular flexibility index (Phi) is 8.17. The lowest BCUT2D eigenvalue weighted by molar-refractivity contribution is 0.119. The number of rotatable bonds is 8. The van der Waals surface area contributed by atoms with Crippen LogP contribution >= 0.6 is 0 Å². The van der Waals surface area contributed by atoms with Crippen LogP contribution in [0.2, 0.25) is 0 Å². The predicted octanol–water partition coefficient (Wildman–Crippen LogP) is 5.50. The van der Waals surface area contributed by atoms with Gasteiger partial charge in [0.05, 0.1) is 0 Å². The zero-order valence-electron chi connectivity index (χ0n) is 14.9. The van der Waals surface area contributed by atoms with Crippen molar-refractivity contribution in [1.29, 1.82) is 0 Å². The van der Waals surface area contributed by atoms with Gasteiger partial charge in [0, 0.05) is 6.04 Å². The van der Waals surface area contributed by atoms with Gasteiger partial charge in [-0.15, -0.1) is 0 Å². The number of hydrogen-bond acceptors (Lipinski definition) is 1. The van der Waals surface area contributed by atoms with E-state index in [1.54, 1.807) is 0 Å². The van der Waals surface area contributed by atoms with Crippen molar-refractivity contribution in [3.8, 4) is 0 Å². The van der Waals surface area contributed by atoms with Crippen molar-refractivity contribution in [3.05, 3.63) is 0 Å². The Morgan fingerprint density at radius 3 is 2.10 bits per heavy atom. The summed E-state index contributed by atoms with van der Waals surface area (Å²) in [6.45, 7) is 15.4. The number of hydrogen-bond donors (Lipinski definition) is 1. The zero-order valence-corrected chi connectivity index (χ0v) is 14.9. The maximum atomic E-state index is 3.70. The van der Waals surface area contributed by atoms with Gasteiger partial charge in [0.1, 0.15) is 0 Å². The molecule has 0 heterocycles. The zero-order chi connectivity index (χ0) is 15.1. The lowest BCUT2D eigenvalue weighted by atomic mass is 9.67. The average Bonchev–Trinajstić information content (AvgIpc) is 2.42. The lowest BCUT2D eigenvalue weighted by Gasteiger charge is -2.40. The second-order valence-corrected chi connectivity index (χ2v) is 7.82. The monoisotopic (exact) mass is 281 g/mol. The first kappa shape index (κ1) is 18.0. The lowest BCUT2D eigenvalue weighted by Crippen LogP contribution is -2.37. The summed E-state index contributed by atoms with van der Waals surface area (Å²) in [6, 6.07) is 0.631. The van der Waals surface area contributed by atoms with Gasteiger partial charge in [-0.2, -0.15) is 0 Å². The highest BCUT2D eigenvalue weighted by atomic mass is 14.9. The van der Waals surface area contributed by atoms with Crippen molar-refractivity contribution in [3.63, 3.8) is 0 Å². The van der Waals surface area contributed by atoms with E-state index in [9.17, 15) is 0 Å². The van der Waals surface area contributed by atoms with Crippen LogP contribution in [0.5, 0.6) is 0 Å². The fourth-order valence-electron chi connectivity index (χ4n) is 3.96. The molecule has 120 valence electrons. The van der Waals surface area contributed by atoms with Gasteiger partial charge in [0.15, 0.2) is 0 Å². The average molecular weight is 282 g/mol. The summed E-state index contributed by atoms with van der Waals surface area (Å²) in [5, 5.41) is 3.70. The molecule has 1 saturated carbocycles. The summed E-state index contributed by atoms with van der Waals surface area (Å²) in [5.41, 5.74) is 0. The van der Waals surface area contributed by atoms with Gasteiger partial charge in [0.25, 0.3) is 0 Å². The molecule has 20 heavy (non-hydrogen) atoms. The van der Waals surface area contributed by atoms with Crippen LogP contribution in [-0.2, 0) is 0 Å². The van der Waals surface area contributed by atoms with Crippen molar-refractivity contribution < 1.29 is 0 Å². The number of nitrogens with one attached hydrogen (secondary N) is 1. The molecule has 0 aromatic rings. The molecular weight excluding hydrogens is 242 g/mol. The van der Waals surface area contributed by atoms with Crippen LogP contribution in [0.1, 0.15) is 80.1 Å². The molecule has 0 saturated heterocycles. The Labute approximate surface area is 128 Å².